The van der Waals surface area contributed by atoms with Crippen LogP contribution in [-0.4, -0.2) is 31.7 Å². The predicted molar refractivity (Wildman–Crippen MR) is 129 cm³/mol. The van der Waals surface area contributed by atoms with Crippen molar-refractivity contribution in [3.05, 3.63) is 73.1 Å². The van der Waals surface area contributed by atoms with Gasteiger partial charge >= 0.3 is 0 Å². The van der Waals surface area contributed by atoms with Crippen molar-refractivity contribution in [2.45, 2.75) is 0 Å². The molecule has 5 aromatic rings. The Kier molecular flexibility index (Phi) is 5.21. The number of aryl methyl sites for hydroxylation is 1. The van der Waals surface area contributed by atoms with E-state index in [0.717, 1.165) is 22.5 Å². The molecule has 3 aromatic heterocycles. The van der Waals surface area contributed by atoms with Gasteiger partial charge in [0.1, 0.15) is 23.5 Å². The van der Waals surface area contributed by atoms with E-state index in [-0.39, 0.29) is 11.5 Å². The van der Waals surface area contributed by atoms with Crippen LogP contribution in [0, 0.1) is 5.95 Å². The molecule has 5 rings (SSSR count). The number of phenols is 1. The van der Waals surface area contributed by atoms with Crippen molar-refractivity contribution in [1.29, 1.82) is 0 Å². The molecule has 170 valence electrons. The number of rotatable bonds is 5. The molecule has 0 fully saturated rings. The molecular weight excluding hydrogens is 435 g/mol. The lowest BCUT2D eigenvalue weighted by atomic mass is 9.98. The van der Waals surface area contributed by atoms with Crippen molar-refractivity contribution in [1.82, 2.24) is 19.5 Å². The molecule has 4 N–H and O–H groups in total. The number of hydrogen-bond acceptors (Lipinski definition) is 7. The van der Waals surface area contributed by atoms with Crippen molar-refractivity contribution in [3.63, 3.8) is 0 Å². The molecule has 9 heteroatoms. The zero-order valence-corrected chi connectivity index (χ0v) is 18.5. The molecular formula is C25H21FN6O2. The van der Waals surface area contributed by atoms with Gasteiger partial charge in [0.25, 0.3) is 0 Å². The summed E-state index contributed by atoms with van der Waals surface area (Å²) >= 11 is 0. The number of nitrogens with two attached hydrogens (primary N) is 1. The molecule has 8 nitrogen and oxygen atoms in total. The van der Waals surface area contributed by atoms with Gasteiger partial charge in [-0.15, -0.1) is 0 Å². The Morgan fingerprint density at radius 3 is 2.44 bits per heavy atom. The number of phenolic OH excluding ortho intramolecular Hbond substituents is 1. The van der Waals surface area contributed by atoms with E-state index in [2.05, 4.69) is 20.3 Å². The van der Waals surface area contributed by atoms with Gasteiger partial charge in [-0.1, -0.05) is 18.2 Å². The first-order valence-electron chi connectivity index (χ1n) is 10.5. The fourth-order valence-corrected chi connectivity index (χ4v) is 4.00. The Hall–Kier alpha value is -4.66. The number of pyridine rings is 1. The smallest absolute Gasteiger partial charge is 0.213 e. The quantitative estimate of drug-likeness (QED) is 0.321. The van der Waals surface area contributed by atoms with Crippen LogP contribution in [-0.2, 0) is 7.05 Å². The number of nitrogen functional groups attached to an aromatic ring is 1. The highest BCUT2D eigenvalue weighted by Crippen LogP contribution is 2.44. The van der Waals surface area contributed by atoms with Crippen molar-refractivity contribution in [2.24, 2.45) is 7.05 Å². The van der Waals surface area contributed by atoms with E-state index in [9.17, 15) is 9.50 Å². The lowest BCUT2D eigenvalue weighted by Crippen LogP contribution is -1.96. The second-order valence-electron chi connectivity index (χ2n) is 7.67. The molecule has 3 heterocycles. The zero-order valence-electron chi connectivity index (χ0n) is 18.5. The maximum Gasteiger partial charge on any atom is 0.213 e. The van der Waals surface area contributed by atoms with Crippen molar-refractivity contribution in [2.75, 3.05) is 18.1 Å². The minimum atomic E-state index is -0.613. The summed E-state index contributed by atoms with van der Waals surface area (Å²) < 4.78 is 20.7. The standard InChI is InChI=1S/C25H21FN6O2/c1-28-16-6-3-14(4-7-16)23-21(22-24(27)30-13-31-25(22)32(23)2)15-5-9-19(18(33)11-15)34-17-8-10-20(26)29-12-17/h3-13,28,33H,1-2H3,(H2,27,30,31). The molecule has 0 aliphatic heterocycles. The zero-order chi connectivity index (χ0) is 23.8. The highest BCUT2D eigenvalue weighted by atomic mass is 19.1. The van der Waals surface area contributed by atoms with Gasteiger partial charge in [-0.2, -0.15) is 4.39 Å². The van der Waals surface area contributed by atoms with Gasteiger partial charge in [0, 0.05) is 25.3 Å². The Balaban J connectivity index is 1.66. The number of benzene rings is 2. The molecule has 0 radical (unpaired) electrons. The van der Waals surface area contributed by atoms with Crippen molar-refractivity contribution < 1.29 is 14.2 Å². The van der Waals surface area contributed by atoms with Gasteiger partial charge in [0.05, 0.1) is 17.3 Å². The number of halogens is 1. The first-order valence-corrected chi connectivity index (χ1v) is 10.5. The lowest BCUT2D eigenvalue weighted by molar-refractivity contribution is 0.409. The van der Waals surface area contributed by atoms with Crippen LogP contribution >= 0.6 is 0 Å². The van der Waals surface area contributed by atoms with E-state index in [4.69, 9.17) is 10.5 Å². The van der Waals surface area contributed by atoms with E-state index >= 15 is 0 Å². The summed E-state index contributed by atoms with van der Waals surface area (Å²) in [5, 5.41) is 14.6. The Labute approximate surface area is 194 Å². The number of anilines is 2. The molecule has 0 amide bonds. The molecule has 0 saturated carbocycles. The second-order valence-corrected chi connectivity index (χ2v) is 7.67. The van der Waals surface area contributed by atoms with E-state index in [1.54, 1.807) is 12.1 Å². The van der Waals surface area contributed by atoms with Crippen molar-refractivity contribution >= 4 is 22.5 Å². The van der Waals surface area contributed by atoms with Crippen LogP contribution in [0.25, 0.3) is 33.4 Å². The summed E-state index contributed by atoms with van der Waals surface area (Å²) in [6.45, 7) is 0. The van der Waals surface area contributed by atoms with Crippen LogP contribution < -0.4 is 15.8 Å². The van der Waals surface area contributed by atoms with Gasteiger partial charge in [0.2, 0.25) is 5.95 Å². The molecule has 34 heavy (non-hydrogen) atoms. The van der Waals surface area contributed by atoms with Gasteiger partial charge in [-0.25, -0.2) is 15.0 Å². The number of aromatic nitrogens is 4. The largest absolute Gasteiger partial charge is 0.504 e. The highest BCUT2D eigenvalue weighted by Gasteiger charge is 2.22. The normalized spacial score (nSPS) is 11.0. The van der Waals surface area contributed by atoms with Crippen LogP contribution in [0.2, 0.25) is 0 Å². The topological polar surface area (TPSA) is 111 Å². The van der Waals surface area contributed by atoms with Crippen LogP contribution in [0.3, 0.4) is 0 Å². The fraction of sp³-hybridized carbons (Fsp3) is 0.0800. The minimum Gasteiger partial charge on any atom is -0.504 e. The number of nitrogens with zero attached hydrogens (tertiary/aromatic N) is 4. The third-order valence-electron chi connectivity index (χ3n) is 5.62. The summed E-state index contributed by atoms with van der Waals surface area (Å²) in [7, 11) is 3.78. The summed E-state index contributed by atoms with van der Waals surface area (Å²) in [4.78, 5) is 12.2. The first kappa shape index (κ1) is 21.2. The van der Waals surface area contributed by atoms with Gasteiger partial charge in [0.15, 0.2) is 11.5 Å². The van der Waals surface area contributed by atoms with E-state index in [0.29, 0.717) is 28.2 Å². The van der Waals surface area contributed by atoms with Crippen molar-refractivity contribution in [3.8, 4) is 39.6 Å². The number of hydrogen-bond donors (Lipinski definition) is 3. The fourth-order valence-electron chi connectivity index (χ4n) is 4.00. The van der Waals surface area contributed by atoms with Crippen LogP contribution in [0.15, 0.2) is 67.1 Å². The summed E-state index contributed by atoms with van der Waals surface area (Å²) in [5.41, 5.74) is 11.3. The molecule has 0 saturated heterocycles. The molecule has 0 unspecified atom stereocenters. The Morgan fingerprint density at radius 1 is 1.00 bits per heavy atom. The third-order valence-corrected chi connectivity index (χ3v) is 5.62. The van der Waals surface area contributed by atoms with Crippen LogP contribution in [0.5, 0.6) is 17.2 Å². The minimum absolute atomic E-state index is 0.0919. The van der Waals surface area contributed by atoms with Gasteiger partial charge < -0.3 is 25.5 Å². The van der Waals surface area contributed by atoms with Gasteiger partial charge in [-0.3, -0.25) is 0 Å². The molecule has 2 aromatic carbocycles. The lowest BCUT2D eigenvalue weighted by Gasteiger charge is -2.12. The number of aromatic hydroxyl groups is 1. The monoisotopic (exact) mass is 456 g/mol. The first-order chi connectivity index (χ1) is 16.5. The van der Waals surface area contributed by atoms with E-state index in [1.807, 2.05) is 49.0 Å². The Morgan fingerprint density at radius 2 is 1.76 bits per heavy atom. The van der Waals surface area contributed by atoms with Crippen LogP contribution in [0.4, 0.5) is 15.9 Å². The molecule has 0 atom stereocenters. The maximum absolute atomic E-state index is 13.1. The molecule has 0 aliphatic carbocycles. The summed E-state index contributed by atoms with van der Waals surface area (Å²) in [6, 6.07) is 15.7. The number of ether oxygens (including phenoxy) is 1. The van der Waals surface area contributed by atoms with E-state index < -0.39 is 5.95 Å². The highest BCUT2D eigenvalue weighted by molar-refractivity contribution is 6.08. The Bertz CT molecular complexity index is 1500. The van der Waals surface area contributed by atoms with E-state index in [1.165, 1.54) is 24.7 Å². The van der Waals surface area contributed by atoms with Crippen LogP contribution in [0.1, 0.15) is 0 Å². The number of nitrogens with one attached hydrogen (secondary N) is 1. The summed E-state index contributed by atoms with van der Waals surface area (Å²) in [6.07, 6.45) is 2.68. The molecule has 0 aliphatic rings. The number of fused-ring (bicyclic) bond motifs is 1. The third kappa shape index (κ3) is 3.62. The van der Waals surface area contributed by atoms with Gasteiger partial charge in [-0.05, 0) is 47.5 Å². The molecule has 0 spiro atoms. The SMILES string of the molecule is CNc1ccc(-c2c(-c3ccc(Oc4ccc(F)nc4)c(O)c3)c3c(N)ncnc3n2C)cc1. The summed E-state index contributed by atoms with van der Waals surface area (Å²) in [5.74, 6) is 0.147. The predicted octanol–water partition coefficient (Wildman–Crippen LogP) is 4.96. The molecule has 0 bridgehead atoms. The average molecular weight is 456 g/mol. The second kappa shape index (κ2) is 8.36. The average Bonchev–Trinajstić information content (AvgIpc) is 3.15. The maximum atomic E-state index is 13.1.